The molecule has 1 unspecified atom stereocenters. The molecule has 1 aromatic carbocycles. The number of likely N-dealkylation sites (N-methyl/N-ethyl adjacent to an activating group) is 1. The number of aliphatic hydroxyl groups is 1. The molecule has 0 amide bonds. The third kappa shape index (κ3) is 5.30. The zero-order valence-corrected chi connectivity index (χ0v) is 13.3. The standard InChI is InChI=1S/C17H28N2O2/c1-3-13-21-16-7-5-15(6-8-16)17(20)14-19-10-4-9-18(2)11-12-19/h5-8,17,20H,3-4,9-14H2,1-2H3. The molecule has 4 nitrogen and oxygen atoms in total. The molecule has 1 heterocycles. The van der Waals surface area contributed by atoms with Gasteiger partial charge in [0.25, 0.3) is 0 Å². The lowest BCUT2D eigenvalue weighted by atomic mass is 10.1. The van der Waals surface area contributed by atoms with Crippen molar-refractivity contribution in [2.75, 3.05) is 46.4 Å². The van der Waals surface area contributed by atoms with E-state index in [4.69, 9.17) is 4.74 Å². The number of hydrogen-bond acceptors (Lipinski definition) is 4. The van der Waals surface area contributed by atoms with Gasteiger partial charge in [0, 0.05) is 19.6 Å². The van der Waals surface area contributed by atoms with Crippen LogP contribution in [0.4, 0.5) is 0 Å². The van der Waals surface area contributed by atoms with Crippen LogP contribution in [-0.4, -0.2) is 61.3 Å². The molecular weight excluding hydrogens is 264 g/mol. The monoisotopic (exact) mass is 292 g/mol. The van der Waals surface area contributed by atoms with Crippen LogP contribution in [0.5, 0.6) is 5.75 Å². The van der Waals surface area contributed by atoms with Crippen molar-refractivity contribution >= 4 is 0 Å². The predicted molar refractivity (Wildman–Crippen MR) is 85.7 cm³/mol. The Bertz CT molecular complexity index is 408. The smallest absolute Gasteiger partial charge is 0.119 e. The third-order valence-electron chi connectivity index (χ3n) is 3.98. The van der Waals surface area contributed by atoms with Gasteiger partial charge in [-0.3, -0.25) is 4.90 Å². The highest BCUT2D eigenvalue weighted by atomic mass is 16.5. The van der Waals surface area contributed by atoms with E-state index in [1.165, 1.54) is 6.42 Å². The van der Waals surface area contributed by atoms with Gasteiger partial charge in [-0.1, -0.05) is 19.1 Å². The molecule has 4 heteroatoms. The van der Waals surface area contributed by atoms with Crippen LogP contribution in [0.15, 0.2) is 24.3 Å². The molecule has 118 valence electrons. The van der Waals surface area contributed by atoms with Gasteiger partial charge in [-0.05, 0) is 50.7 Å². The van der Waals surface area contributed by atoms with Crippen LogP contribution in [0.3, 0.4) is 0 Å². The maximum absolute atomic E-state index is 10.4. The van der Waals surface area contributed by atoms with Crippen molar-refractivity contribution in [1.82, 2.24) is 9.80 Å². The molecule has 0 spiro atoms. The number of β-amino-alcohol motifs (C(OH)–C–C–N with tert-alkyl or cyclic N) is 1. The molecule has 1 fully saturated rings. The highest BCUT2D eigenvalue weighted by molar-refractivity contribution is 5.28. The molecule has 0 radical (unpaired) electrons. The fourth-order valence-corrected chi connectivity index (χ4v) is 2.64. The third-order valence-corrected chi connectivity index (χ3v) is 3.98. The highest BCUT2D eigenvalue weighted by Crippen LogP contribution is 2.19. The summed E-state index contributed by atoms with van der Waals surface area (Å²) in [6.07, 6.45) is 1.76. The van der Waals surface area contributed by atoms with Crippen molar-refractivity contribution in [3.8, 4) is 5.75 Å². The summed E-state index contributed by atoms with van der Waals surface area (Å²) >= 11 is 0. The Morgan fingerprint density at radius 1 is 1.14 bits per heavy atom. The average Bonchev–Trinajstić information content (AvgIpc) is 2.70. The Morgan fingerprint density at radius 3 is 2.62 bits per heavy atom. The van der Waals surface area contributed by atoms with E-state index >= 15 is 0 Å². The fraction of sp³-hybridized carbons (Fsp3) is 0.647. The second-order valence-electron chi connectivity index (χ2n) is 5.89. The Balaban J connectivity index is 1.85. The summed E-state index contributed by atoms with van der Waals surface area (Å²) in [7, 11) is 2.16. The van der Waals surface area contributed by atoms with Crippen LogP contribution >= 0.6 is 0 Å². The van der Waals surface area contributed by atoms with Gasteiger partial charge in [-0.15, -0.1) is 0 Å². The topological polar surface area (TPSA) is 35.9 Å². The molecule has 0 saturated carbocycles. The first-order chi connectivity index (χ1) is 10.2. The maximum Gasteiger partial charge on any atom is 0.119 e. The van der Waals surface area contributed by atoms with Gasteiger partial charge >= 0.3 is 0 Å². The van der Waals surface area contributed by atoms with Crippen LogP contribution in [0, 0.1) is 0 Å². The van der Waals surface area contributed by atoms with E-state index in [1.807, 2.05) is 24.3 Å². The molecule has 1 aliphatic rings. The predicted octanol–water partition coefficient (Wildman–Crippen LogP) is 2.15. The van der Waals surface area contributed by atoms with Crippen LogP contribution in [-0.2, 0) is 0 Å². The molecule has 21 heavy (non-hydrogen) atoms. The van der Waals surface area contributed by atoms with Gasteiger partial charge in [0.15, 0.2) is 0 Å². The minimum absolute atomic E-state index is 0.423. The van der Waals surface area contributed by atoms with Gasteiger partial charge in [-0.25, -0.2) is 0 Å². The minimum Gasteiger partial charge on any atom is -0.494 e. The van der Waals surface area contributed by atoms with E-state index in [-0.39, 0.29) is 0 Å². The van der Waals surface area contributed by atoms with Gasteiger partial charge in [0.2, 0.25) is 0 Å². The van der Waals surface area contributed by atoms with Crippen molar-refractivity contribution in [2.45, 2.75) is 25.9 Å². The maximum atomic E-state index is 10.4. The van der Waals surface area contributed by atoms with Gasteiger partial charge in [-0.2, -0.15) is 0 Å². The molecular formula is C17H28N2O2. The molecule has 1 saturated heterocycles. The summed E-state index contributed by atoms with van der Waals surface area (Å²) in [6, 6.07) is 7.84. The van der Waals surface area contributed by atoms with E-state index in [0.717, 1.165) is 50.5 Å². The van der Waals surface area contributed by atoms with E-state index in [9.17, 15) is 5.11 Å². The molecule has 1 aromatic rings. The molecule has 0 aromatic heterocycles. The summed E-state index contributed by atoms with van der Waals surface area (Å²) in [5, 5.41) is 10.4. The molecule has 1 N–H and O–H groups in total. The number of ether oxygens (including phenoxy) is 1. The largest absolute Gasteiger partial charge is 0.494 e. The first-order valence-corrected chi connectivity index (χ1v) is 8.00. The minimum atomic E-state index is -0.423. The van der Waals surface area contributed by atoms with E-state index < -0.39 is 6.10 Å². The summed E-state index contributed by atoms with van der Waals surface area (Å²) in [5.74, 6) is 0.879. The van der Waals surface area contributed by atoms with Crippen LogP contribution in [0.2, 0.25) is 0 Å². The van der Waals surface area contributed by atoms with Gasteiger partial charge in [0.1, 0.15) is 5.75 Å². The zero-order chi connectivity index (χ0) is 15.1. The SMILES string of the molecule is CCCOc1ccc(C(O)CN2CCCN(C)CC2)cc1. The number of rotatable bonds is 6. The Labute approximate surface area is 128 Å². The van der Waals surface area contributed by atoms with Crippen LogP contribution in [0.25, 0.3) is 0 Å². The van der Waals surface area contributed by atoms with Crippen LogP contribution in [0.1, 0.15) is 31.4 Å². The number of benzene rings is 1. The lowest BCUT2D eigenvalue weighted by Gasteiger charge is -2.23. The summed E-state index contributed by atoms with van der Waals surface area (Å²) in [5.41, 5.74) is 0.969. The van der Waals surface area contributed by atoms with Crippen molar-refractivity contribution in [2.24, 2.45) is 0 Å². The second kappa shape index (κ2) is 8.37. The van der Waals surface area contributed by atoms with Crippen LogP contribution < -0.4 is 4.74 Å². The summed E-state index contributed by atoms with van der Waals surface area (Å²) in [6.45, 7) is 7.87. The highest BCUT2D eigenvalue weighted by Gasteiger charge is 2.16. The molecule has 1 aliphatic heterocycles. The Kier molecular flexibility index (Phi) is 6.49. The molecule has 2 rings (SSSR count). The Morgan fingerprint density at radius 2 is 1.90 bits per heavy atom. The molecule has 1 atom stereocenters. The summed E-state index contributed by atoms with van der Waals surface area (Å²) in [4.78, 5) is 4.71. The lowest BCUT2D eigenvalue weighted by molar-refractivity contribution is 0.115. The first kappa shape index (κ1) is 16.3. The Hall–Kier alpha value is -1.10. The average molecular weight is 292 g/mol. The van der Waals surface area contributed by atoms with Gasteiger partial charge < -0.3 is 14.7 Å². The normalized spacial score (nSPS) is 19.2. The van der Waals surface area contributed by atoms with E-state index in [2.05, 4.69) is 23.8 Å². The number of hydrogen-bond donors (Lipinski definition) is 1. The van der Waals surface area contributed by atoms with Crippen molar-refractivity contribution in [3.05, 3.63) is 29.8 Å². The molecule has 0 aliphatic carbocycles. The van der Waals surface area contributed by atoms with Crippen molar-refractivity contribution in [3.63, 3.8) is 0 Å². The number of nitrogens with zero attached hydrogens (tertiary/aromatic N) is 2. The zero-order valence-electron chi connectivity index (χ0n) is 13.3. The molecule has 0 bridgehead atoms. The fourth-order valence-electron chi connectivity index (χ4n) is 2.64. The van der Waals surface area contributed by atoms with E-state index in [0.29, 0.717) is 6.54 Å². The van der Waals surface area contributed by atoms with E-state index in [1.54, 1.807) is 0 Å². The number of aliphatic hydroxyl groups excluding tert-OH is 1. The van der Waals surface area contributed by atoms with Crippen molar-refractivity contribution in [1.29, 1.82) is 0 Å². The van der Waals surface area contributed by atoms with Gasteiger partial charge in [0.05, 0.1) is 12.7 Å². The first-order valence-electron chi connectivity index (χ1n) is 8.00. The quantitative estimate of drug-likeness (QED) is 0.871. The summed E-state index contributed by atoms with van der Waals surface area (Å²) < 4.78 is 5.57. The lowest BCUT2D eigenvalue weighted by Crippen LogP contribution is -2.32. The second-order valence-corrected chi connectivity index (χ2v) is 5.89. The van der Waals surface area contributed by atoms with Crippen molar-refractivity contribution < 1.29 is 9.84 Å².